The predicted octanol–water partition coefficient (Wildman–Crippen LogP) is 2.33. The molecular formula is C13H15NO3. The van der Waals surface area contributed by atoms with E-state index in [0.717, 1.165) is 5.56 Å². The summed E-state index contributed by atoms with van der Waals surface area (Å²) in [5, 5.41) is 8.68. The van der Waals surface area contributed by atoms with Crippen LogP contribution in [-0.2, 0) is 6.42 Å². The van der Waals surface area contributed by atoms with Crippen molar-refractivity contribution in [2.45, 2.75) is 6.42 Å². The van der Waals surface area contributed by atoms with Gasteiger partial charge in [-0.05, 0) is 17.7 Å². The molecular weight excluding hydrogens is 218 g/mol. The van der Waals surface area contributed by atoms with Crippen molar-refractivity contribution in [3.8, 4) is 23.3 Å². The summed E-state index contributed by atoms with van der Waals surface area (Å²) >= 11 is 0. The Balaban J connectivity index is 3.16. The molecule has 4 heteroatoms. The Bertz CT molecular complexity index is 410. The normalized spacial score (nSPS) is 9.24. The van der Waals surface area contributed by atoms with Gasteiger partial charge in [0.05, 0.1) is 26.7 Å². The number of nitriles is 1. The summed E-state index contributed by atoms with van der Waals surface area (Å²) in [5.41, 5.74) is 0.826. The molecule has 17 heavy (non-hydrogen) atoms. The second kappa shape index (κ2) is 6.44. The van der Waals surface area contributed by atoms with E-state index < -0.39 is 0 Å². The fourth-order valence-electron chi connectivity index (χ4n) is 1.41. The Kier molecular flexibility index (Phi) is 4.89. The SMILES string of the molecule is C=CCOc1c(OC)cc(CC#N)cc1OC. The third-order valence-electron chi connectivity index (χ3n) is 2.15. The van der Waals surface area contributed by atoms with Crippen LogP contribution in [-0.4, -0.2) is 20.8 Å². The maximum absolute atomic E-state index is 8.68. The van der Waals surface area contributed by atoms with E-state index in [4.69, 9.17) is 19.5 Å². The fourth-order valence-corrected chi connectivity index (χ4v) is 1.41. The van der Waals surface area contributed by atoms with Crippen molar-refractivity contribution in [3.05, 3.63) is 30.4 Å². The van der Waals surface area contributed by atoms with Crippen LogP contribution in [0.15, 0.2) is 24.8 Å². The lowest BCUT2D eigenvalue weighted by atomic mass is 10.1. The highest BCUT2D eigenvalue weighted by molar-refractivity contribution is 5.54. The molecule has 0 heterocycles. The molecule has 4 nitrogen and oxygen atoms in total. The average Bonchev–Trinajstić information content (AvgIpc) is 2.36. The largest absolute Gasteiger partial charge is 0.493 e. The maximum atomic E-state index is 8.68. The van der Waals surface area contributed by atoms with Crippen LogP contribution in [0.4, 0.5) is 0 Å². The van der Waals surface area contributed by atoms with Crippen LogP contribution in [0.25, 0.3) is 0 Å². The van der Waals surface area contributed by atoms with Gasteiger partial charge in [-0.25, -0.2) is 0 Å². The number of benzene rings is 1. The van der Waals surface area contributed by atoms with Crippen molar-refractivity contribution in [1.82, 2.24) is 0 Å². The van der Waals surface area contributed by atoms with E-state index in [1.54, 1.807) is 32.4 Å². The molecule has 1 aromatic rings. The minimum absolute atomic E-state index is 0.300. The van der Waals surface area contributed by atoms with E-state index in [0.29, 0.717) is 30.3 Å². The average molecular weight is 233 g/mol. The molecule has 0 amide bonds. The van der Waals surface area contributed by atoms with Gasteiger partial charge in [-0.1, -0.05) is 12.7 Å². The summed E-state index contributed by atoms with van der Waals surface area (Å²) in [7, 11) is 3.09. The van der Waals surface area contributed by atoms with Gasteiger partial charge in [-0.2, -0.15) is 5.26 Å². The molecule has 1 aromatic carbocycles. The van der Waals surface area contributed by atoms with Gasteiger partial charge < -0.3 is 14.2 Å². The molecule has 0 radical (unpaired) electrons. The zero-order valence-electron chi connectivity index (χ0n) is 10.0. The summed E-state index contributed by atoms with van der Waals surface area (Å²) in [6.07, 6.45) is 1.94. The van der Waals surface area contributed by atoms with E-state index in [1.807, 2.05) is 0 Å². The lowest BCUT2D eigenvalue weighted by molar-refractivity contribution is 0.300. The first-order chi connectivity index (χ1) is 8.26. The molecule has 0 bridgehead atoms. The highest BCUT2D eigenvalue weighted by Gasteiger charge is 2.13. The number of methoxy groups -OCH3 is 2. The predicted molar refractivity (Wildman–Crippen MR) is 64.6 cm³/mol. The van der Waals surface area contributed by atoms with Crippen LogP contribution < -0.4 is 14.2 Å². The van der Waals surface area contributed by atoms with E-state index in [-0.39, 0.29) is 0 Å². The van der Waals surface area contributed by atoms with Crippen LogP contribution in [0.2, 0.25) is 0 Å². The number of ether oxygens (including phenoxy) is 3. The number of hydrogen-bond donors (Lipinski definition) is 0. The Labute approximate surface area is 101 Å². The first-order valence-corrected chi connectivity index (χ1v) is 5.12. The Morgan fingerprint density at radius 1 is 1.29 bits per heavy atom. The first-order valence-electron chi connectivity index (χ1n) is 5.12. The van der Waals surface area contributed by atoms with Gasteiger partial charge in [0.2, 0.25) is 5.75 Å². The maximum Gasteiger partial charge on any atom is 0.203 e. The standard InChI is InChI=1S/C13H15NO3/c1-4-7-17-13-11(15-2)8-10(5-6-14)9-12(13)16-3/h4,8-9H,1,5,7H2,2-3H3. The van der Waals surface area contributed by atoms with Crippen molar-refractivity contribution in [1.29, 1.82) is 5.26 Å². The second-order valence-electron chi connectivity index (χ2n) is 3.26. The zero-order chi connectivity index (χ0) is 12.7. The van der Waals surface area contributed by atoms with Gasteiger partial charge in [-0.3, -0.25) is 0 Å². The van der Waals surface area contributed by atoms with Crippen molar-refractivity contribution in [2.75, 3.05) is 20.8 Å². The topological polar surface area (TPSA) is 51.5 Å². The minimum Gasteiger partial charge on any atom is -0.493 e. The molecule has 90 valence electrons. The molecule has 0 fully saturated rings. The summed E-state index contributed by atoms with van der Waals surface area (Å²) in [5.74, 6) is 1.63. The van der Waals surface area contributed by atoms with Crippen LogP contribution in [0, 0.1) is 11.3 Å². The van der Waals surface area contributed by atoms with Crippen molar-refractivity contribution in [2.24, 2.45) is 0 Å². The van der Waals surface area contributed by atoms with Crippen LogP contribution >= 0.6 is 0 Å². The van der Waals surface area contributed by atoms with E-state index >= 15 is 0 Å². The lowest BCUT2D eigenvalue weighted by Gasteiger charge is -2.14. The van der Waals surface area contributed by atoms with Crippen LogP contribution in [0.5, 0.6) is 17.2 Å². The molecule has 0 aliphatic carbocycles. The molecule has 0 aliphatic heterocycles. The molecule has 0 N–H and O–H groups in total. The van der Waals surface area contributed by atoms with Crippen molar-refractivity contribution < 1.29 is 14.2 Å². The minimum atomic E-state index is 0.300. The van der Waals surface area contributed by atoms with Gasteiger partial charge in [0.25, 0.3) is 0 Å². The molecule has 0 saturated heterocycles. The van der Waals surface area contributed by atoms with Gasteiger partial charge in [-0.15, -0.1) is 0 Å². The Morgan fingerprint density at radius 2 is 1.88 bits per heavy atom. The van der Waals surface area contributed by atoms with E-state index in [2.05, 4.69) is 12.6 Å². The van der Waals surface area contributed by atoms with E-state index in [1.165, 1.54) is 0 Å². The molecule has 1 rings (SSSR count). The fraction of sp³-hybridized carbons (Fsp3) is 0.308. The zero-order valence-corrected chi connectivity index (χ0v) is 10.0. The smallest absolute Gasteiger partial charge is 0.203 e. The number of hydrogen-bond acceptors (Lipinski definition) is 4. The molecule has 0 aliphatic rings. The van der Waals surface area contributed by atoms with Gasteiger partial charge >= 0.3 is 0 Å². The molecule has 0 aromatic heterocycles. The summed E-state index contributed by atoms with van der Waals surface area (Å²) in [4.78, 5) is 0. The Hall–Kier alpha value is -2.15. The van der Waals surface area contributed by atoms with Crippen molar-refractivity contribution >= 4 is 0 Å². The van der Waals surface area contributed by atoms with Gasteiger partial charge in [0.1, 0.15) is 6.61 Å². The number of rotatable bonds is 6. The summed E-state index contributed by atoms with van der Waals surface area (Å²) in [6.45, 7) is 3.95. The quantitative estimate of drug-likeness (QED) is 0.708. The molecule has 0 spiro atoms. The molecule has 0 saturated carbocycles. The molecule has 0 unspecified atom stereocenters. The van der Waals surface area contributed by atoms with Gasteiger partial charge in [0, 0.05) is 0 Å². The lowest BCUT2D eigenvalue weighted by Crippen LogP contribution is -2.00. The van der Waals surface area contributed by atoms with Gasteiger partial charge in [0.15, 0.2) is 11.5 Å². The van der Waals surface area contributed by atoms with E-state index in [9.17, 15) is 0 Å². The first kappa shape index (κ1) is 12.9. The van der Waals surface area contributed by atoms with Crippen molar-refractivity contribution in [3.63, 3.8) is 0 Å². The van der Waals surface area contributed by atoms with Crippen LogP contribution in [0.1, 0.15) is 5.56 Å². The Morgan fingerprint density at radius 3 is 2.29 bits per heavy atom. The third-order valence-corrected chi connectivity index (χ3v) is 2.15. The number of nitrogens with zero attached hydrogens (tertiary/aromatic N) is 1. The highest BCUT2D eigenvalue weighted by atomic mass is 16.5. The van der Waals surface area contributed by atoms with Crippen LogP contribution in [0.3, 0.4) is 0 Å². The summed E-state index contributed by atoms with van der Waals surface area (Å²) < 4.78 is 15.9. The highest BCUT2D eigenvalue weighted by Crippen LogP contribution is 2.38. The second-order valence-corrected chi connectivity index (χ2v) is 3.26. The third kappa shape index (κ3) is 3.15. The molecule has 0 atom stereocenters. The summed E-state index contributed by atoms with van der Waals surface area (Å²) in [6, 6.07) is 5.62. The monoisotopic (exact) mass is 233 g/mol.